The van der Waals surface area contributed by atoms with Crippen LogP contribution in [0.3, 0.4) is 0 Å². The zero-order valence-corrected chi connectivity index (χ0v) is 13.7. The molecule has 2 aromatic rings. The SMILES string of the molecule is CC(C)(C)OC(=O)Nc1cccc(Oc2cccc(C(=O)O)c2)c1. The Morgan fingerprint density at radius 3 is 2.25 bits per heavy atom. The molecule has 6 nitrogen and oxygen atoms in total. The number of rotatable bonds is 4. The summed E-state index contributed by atoms with van der Waals surface area (Å²) >= 11 is 0. The molecule has 0 heterocycles. The van der Waals surface area contributed by atoms with Gasteiger partial charge in [-0.3, -0.25) is 5.32 Å². The van der Waals surface area contributed by atoms with Crippen molar-refractivity contribution in [2.24, 2.45) is 0 Å². The van der Waals surface area contributed by atoms with Crippen molar-refractivity contribution in [1.29, 1.82) is 0 Å². The molecule has 126 valence electrons. The highest BCUT2D eigenvalue weighted by Gasteiger charge is 2.16. The Kier molecular flexibility index (Phi) is 5.08. The summed E-state index contributed by atoms with van der Waals surface area (Å²) in [6.45, 7) is 5.34. The maximum atomic E-state index is 11.8. The van der Waals surface area contributed by atoms with Crippen LogP contribution in [0.1, 0.15) is 31.1 Å². The Morgan fingerprint density at radius 2 is 1.62 bits per heavy atom. The van der Waals surface area contributed by atoms with Crippen molar-refractivity contribution in [2.75, 3.05) is 5.32 Å². The second-order valence-electron chi connectivity index (χ2n) is 6.09. The summed E-state index contributed by atoms with van der Waals surface area (Å²) in [5.74, 6) is -0.170. The molecule has 6 heteroatoms. The lowest BCUT2D eigenvalue weighted by Gasteiger charge is -2.19. The lowest BCUT2D eigenvalue weighted by molar-refractivity contribution is 0.0634. The smallest absolute Gasteiger partial charge is 0.412 e. The third-order valence-corrected chi connectivity index (χ3v) is 2.80. The second-order valence-corrected chi connectivity index (χ2v) is 6.09. The van der Waals surface area contributed by atoms with Crippen molar-refractivity contribution in [1.82, 2.24) is 0 Å². The summed E-state index contributed by atoms with van der Waals surface area (Å²) in [7, 11) is 0. The third-order valence-electron chi connectivity index (χ3n) is 2.80. The van der Waals surface area contributed by atoms with Gasteiger partial charge >= 0.3 is 12.1 Å². The van der Waals surface area contributed by atoms with Crippen LogP contribution in [-0.4, -0.2) is 22.8 Å². The Bertz CT molecular complexity index is 749. The second kappa shape index (κ2) is 7.04. The molecule has 2 N–H and O–H groups in total. The van der Waals surface area contributed by atoms with Crippen LogP contribution in [0.15, 0.2) is 48.5 Å². The molecule has 24 heavy (non-hydrogen) atoms. The molecule has 0 aromatic heterocycles. The van der Waals surface area contributed by atoms with Crippen LogP contribution in [0.4, 0.5) is 10.5 Å². The molecular formula is C18H19NO5. The molecule has 1 amide bonds. The number of amides is 1. The average Bonchev–Trinajstić information content (AvgIpc) is 2.45. The normalized spacial score (nSPS) is 10.8. The molecule has 0 fully saturated rings. The van der Waals surface area contributed by atoms with Gasteiger partial charge in [-0.25, -0.2) is 9.59 Å². The molecule has 0 aliphatic heterocycles. The molecule has 0 saturated heterocycles. The number of ether oxygens (including phenoxy) is 2. The van der Waals surface area contributed by atoms with E-state index < -0.39 is 17.7 Å². The van der Waals surface area contributed by atoms with E-state index in [1.165, 1.54) is 12.1 Å². The zero-order valence-electron chi connectivity index (χ0n) is 13.7. The van der Waals surface area contributed by atoms with E-state index in [-0.39, 0.29) is 5.56 Å². The van der Waals surface area contributed by atoms with E-state index >= 15 is 0 Å². The maximum Gasteiger partial charge on any atom is 0.412 e. The minimum absolute atomic E-state index is 0.135. The monoisotopic (exact) mass is 329 g/mol. The predicted molar refractivity (Wildman–Crippen MR) is 89.8 cm³/mol. The van der Waals surface area contributed by atoms with Gasteiger partial charge < -0.3 is 14.6 Å². The number of nitrogens with one attached hydrogen (secondary N) is 1. The summed E-state index contributed by atoms with van der Waals surface area (Å²) in [5.41, 5.74) is 0.0572. The molecule has 0 aliphatic carbocycles. The van der Waals surface area contributed by atoms with Gasteiger partial charge in [0, 0.05) is 11.8 Å². The zero-order chi connectivity index (χ0) is 17.7. The molecule has 0 atom stereocenters. The number of carboxylic acids is 1. The number of hydrogen-bond donors (Lipinski definition) is 2. The van der Waals surface area contributed by atoms with E-state index in [1.807, 2.05) is 0 Å². The molecule has 2 aromatic carbocycles. The van der Waals surface area contributed by atoms with Gasteiger partial charge in [-0.05, 0) is 51.1 Å². The fourth-order valence-corrected chi connectivity index (χ4v) is 1.89. The van der Waals surface area contributed by atoms with Crippen molar-refractivity contribution >= 4 is 17.7 Å². The molecule has 0 bridgehead atoms. The van der Waals surface area contributed by atoms with Gasteiger partial charge in [0.1, 0.15) is 17.1 Å². The highest BCUT2D eigenvalue weighted by atomic mass is 16.6. The molecule has 0 spiro atoms. The van der Waals surface area contributed by atoms with Crippen molar-refractivity contribution in [2.45, 2.75) is 26.4 Å². The number of benzene rings is 2. The summed E-state index contributed by atoms with van der Waals surface area (Å²) in [6.07, 6.45) is -0.562. The average molecular weight is 329 g/mol. The van der Waals surface area contributed by atoms with Crippen LogP contribution in [0.5, 0.6) is 11.5 Å². The largest absolute Gasteiger partial charge is 0.478 e. The Labute approximate surface area is 140 Å². The van der Waals surface area contributed by atoms with Crippen LogP contribution in [0.25, 0.3) is 0 Å². The van der Waals surface area contributed by atoms with E-state index in [4.69, 9.17) is 14.6 Å². The minimum atomic E-state index is -1.03. The van der Waals surface area contributed by atoms with Crippen LogP contribution >= 0.6 is 0 Å². The Morgan fingerprint density at radius 1 is 1.00 bits per heavy atom. The van der Waals surface area contributed by atoms with E-state index in [0.29, 0.717) is 17.2 Å². The number of carbonyl (C=O) groups is 2. The summed E-state index contributed by atoms with van der Waals surface area (Å²) in [5, 5.41) is 11.6. The fraction of sp³-hybridized carbons (Fsp3) is 0.222. The van der Waals surface area contributed by atoms with Crippen LogP contribution in [0.2, 0.25) is 0 Å². The third kappa shape index (κ3) is 5.31. The first kappa shape index (κ1) is 17.3. The maximum absolute atomic E-state index is 11.8. The number of aromatic carboxylic acids is 1. The lowest BCUT2D eigenvalue weighted by atomic mass is 10.2. The number of anilines is 1. The number of carbonyl (C=O) groups excluding carboxylic acids is 1. The first-order valence-electron chi connectivity index (χ1n) is 7.34. The first-order chi connectivity index (χ1) is 11.2. The fourth-order valence-electron chi connectivity index (χ4n) is 1.89. The molecule has 0 unspecified atom stereocenters. The van der Waals surface area contributed by atoms with Gasteiger partial charge in [0.05, 0.1) is 5.56 Å². The van der Waals surface area contributed by atoms with Gasteiger partial charge in [0.2, 0.25) is 0 Å². The Hall–Kier alpha value is -3.02. The topological polar surface area (TPSA) is 84.9 Å². The standard InChI is InChI=1S/C18H19NO5/c1-18(2,3)24-17(22)19-13-7-5-9-15(11-13)23-14-8-4-6-12(10-14)16(20)21/h4-11H,1-3H3,(H,19,22)(H,20,21). The van der Waals surface area contributed by atoms with E-state index in [1.54, 1.807) is 57.2 Å². The number of carboxylic acid groups (broad SMARTS) is 1. The van der Waals surface area contributed by atoms with Crippen molar-refractivity contribution in [3.05, 3.63) is 54.1 Å². The molecule has 0 aliphatic rings. The van der Waals surface area contributed by atoms with E-state index in [0.717, 1.165) is 0 Å². The summed E-state index contributed by atoms with van der Waals surface area (Å²) in [4.78, 5) is 22.8. The van der Waals surface area contributed by atoms with Crippen molar-refractivity contribution in [3.63, 3.8) is 0 Å². The quantitative estimate of drug-likeness (QED) is 0.861. The molecular weight excluding hydrogens is 310 g/mol. The van der Waals surface area contributed by atoms with Crippen molar-refractivity contribution in [3.8, 4) is 11.5 Å². The molecule has 0 radical (unpaired) electrons. The molecule has 2 rings (SSSR count). The minimum Gasteiger partial charge on any atom is -0.478 e. The Balaban J connectivity index is 2.09. The van der Waals surface area contributed by atoms with Gasteiger partial charge in [-0.2, -0.15) is 0 Å². The van der Waals surface area contributed by atoms with Crippen LogP contribution < -0.4 is 10.1 Å². The van der Waals surface area contributed by atoms with Gasteiger partial charge in [0.25, 0.3) is 0 Å². The highest BCUT2D eigenvalue weighted by molar-refractivity contribution is 5.88. The van der Waals surface area contributed by atoms with Crippen LogP contribution in [0, 0.1) is 0 Å². The van der Waals surface area contributed by atoms with Gasteiger partial charge in [-0.1, -0.05) is 12.1 Å². The van der Waals surface area contributed by atoms with E-state index in [2.05, 4.69) is 5.32 Å². The predicted octanol–water partition coefficient (Wildman–Crippen LogP) is 4.52. The summed E-state index contributed by atoms with van der Waals surface area (Å²) in [6, 6.07) is 12.9. The molecule has 0 saturated carbocycles. The lowest BCUT2D eigenvalue weighted by Crippen LogP contribution is -2.27. The van der Waals surface area contributed by atoms with Gasteiger partial charge in [0.15, 0.2) is 0 Å². The highest BCUT2D eigenvalue weighted by Crippen LogP contribution is 2.25. The van der Waals surface area contributed by atoms with Gasteiger partial charge in [-0.15, -0.1) is 0 Å². The summed E-state index contributed by atoms with van der Waals surface area (Å²) < 4.78 is 10.8. The van der Waals surface area contributed by atoms with Crippen molar-refractivity contribution < 1.29 is 24.2 Å². The van der Waals surface area contributed by atoms with E-state index in [9.17, 15) is 9.59 Å². The number of hydrogen-bond acceptors (Lipinski definition) is 4. The van der Waals surface area contributed by atoms with Crippen LogP contribution in [-0.2, 0) is 4.74 Å². The first-order valence-corrected chi connectivity index (χ1v) is 7.34.